The van der Waals surface area contributed by atoms with Crippen molar-refractivity contribution in [3.05, 3.63) is 168 Å². The number of benzene rings is 4. The number of nitrogens with zero attached hydrogens (tertiary/aromatic N) is 4. The summed E-state index contributed by atoms with van der Waals surface area (Å²) in [5.74, 6) is 0. The summed E-state index contributed by atoms with van der Waals surface area (Å²) in [6.07, 6.45) is 4.10. The van der Waals surface area contributed by atoms with Gasteiger partial charge in [-0.1, -0.05) is 112 Å². The summed E-state index contributed by atoms with van der Waals surface area (Å²) in [6, 6.07) is 44.3. The highest BCUT2D eigenvalue weighted by Gasteiger charge is 2.42. The summed E-state index contributed by atoms with van der Waals surface area (Å²) in [7, 11) is 0. The van der Waals surface area contributed by atoms with Crippen LogP contribution in [0.2, 0.25) is 0 Å². The van der Waals surface area contributed by atoms with E-state index in [-0.39, 0.29) is 5.41 Å². The van der Waals surface area contributed by atoms with Crippen LogP contribution < -0.4 is 0 Å². The Kier molecular flexibility index (Phi) is 6.24. The monoisotopic (exact) mass is 508 g/mol. The molecule has 4 heteroatoms. The van der Waals surface area contributed by atoms with Gasteiger partial charge in [0, 0.05) is 12.4 Å². The third kappa shape index (κ3) is 4.48. The van der Waals surface area contributed by atoms with Crippen molar-refractivity contribution in [2.45, 2.75) is 31.6 Å². The van der Waals surface area contributed by atoms with Crippen molar-refractivity contribution >= 4 is 0 Å². The summed E-state index contributed by atoms with van der Waals surface area (Å²) in [4.78, 5) is 0. The van der Waals surface area contributed by atoms with E-state index in [1.807, 2.05) is 33.8 Å². The maximum atomic E-state index is 5.25. The second kappa shape index (κ2) is 9.88. The fraction of sp³-hybridized carbons (Fsp3) is 0.143. The molecule has 0 radical (unpaired) electrons. The molecule has 2 heterocycles. The molecule has 0 bridgehead atoms. The number of rotatable bonds is 6. The lowest BCUT2D eigenvalue weighted by Gasteiger charge is -2.32. The highest BCUT2D eigenvalue weighted by atomic mass is 15.3. The molecule has 0 N–H and O–H groups in total. The summed E-state index contributed by atoms with van der Waals surface area (Å²) < 4.78 is 3.93. The lowest BCUT2D eigenvalue weighted by Crippen LogP contribution is -2.32. The Morgan fingerprint density at radius 3 is 1.41 bits per heavy atom. The molecule has 6 aromatic rings. The van der Waals surface area contributed by atoms with E-state index in [9.17, 15) is 0 Å². The molecule has 0 aliphatic rings. The first kappa shape index (κ1) is 24.6. The first-order valence-corrected chi connectivity index (χ1v) is 13.4. The van der Waals surface area contributed by atoms with Crippen molar-refractivity contribution in [3.63, 3.8) is 0 Å². The first-order chi connectivity index (χ1) is 19.0. The zero-order valence-electron chi connectivity index (χ0n) is 22.6. The van der Waals surface area contributed by atoms with Crippen LogP contribution in [0.3, 0.4) is 0 Å². The molecule has 0 saturated carbocycles. The van der Waals surface area contributed by atoms with Crippen LogP contribution in [-0.2, 0) is 10.8 Å². The maximum Gasteiger partial charge on any atom is 0.108 e. The van der Waals surface area contributed by atoms with Gasteiger partial charge < -0.3 is 0 Å². The van der Waals surface area contributed by atoms with Crippen LogP contribution in [0.4, 0.5) is 0 Å². The van der Waals surface area contributed by atoms with E-state index in [0.29, 0.717) is 0 Å². The Morgan fingerprint density at radius 1 is 0.462 bits per heavy atom. The summed E-state index contributed by atoms with van der Waals surface area (Å²) >= 11 is 0. The molecule has 0 saturated heterocycles. The van der Waals surface area contributed by atoms with Gasteiger partial charge in [0.15, 0.2) is 0 Å². The van der Waals surface area contributed by atoms with E-state index < -0.39 is 5.41 Å². The number of para-hydroxylation sites is 1. The number of hydrogen-bond acceptors (Lipinski definition) is 2. The van der Waals surface area contributed by atoms with Gasteiger partial charge in [0.05, 0.1) is 22.8 Å². The zero-order chi connectivity index (χ0) is 26.9. The lowest BCUT2D eigenvalue weighted by atomic mass is 9.69. The zero-order valence-corrected chi connectivity index (χ0v) is 22.6. The van der Waals surface area contributed by atoms with Crippen LogP contribution in [0, 0.1) is 0 Å². The molecule has 6 rings (SSSR count). The summed E-state index contributed by atoms with van der Waals surface area (Å²) in [5, 5.41) is 10.4. The van der Waals surface area contributed by atoms with Crippen molar-refractivity contribution in [2.24, 2.45) is 0 Å². The minimum Gasteiger partial charge on any atom is -0.241 e. The van der Waals surface area contributed by atoms with E-state index in [2.05, 4.69) is 136 Å². The van der Waals surface area contributed by atoms with Gasteiger partial charge in [-0.3, -0.25) is 0 Å². The first-order valence-electron chi connectivity index (χ1n) is 13.4. The van der Waals surface area contributed by atoms with Gasteiger partial charge >= 0.3 is 0 Å². The molecule has 4 nitrogen and oxygen atoms in total. The van der Waals surface area contributed by atoms with Crippen LogP contribution in [0.25, 0.3) is 11.4 Å². The Morgan fingerprint density at radius 2 is 0.897 bits per heavy atom. The molecule has 0 spiro atoms. The molecule has 4 aromatic carbocycles. The quantitative estimate of drug-likeness (QED) is 0.231. The van der Waals surface area contributed by atoms with Crippen LogP contribution in [0.15, 0.2) is 140 Å². The predicted molar refractivity (Wildman–Crippen MR) is 158 cm³/mol. The van der Waals surface area contributed by atoms with Crippen LogP contribution in [-0.4, -0.2) is 19.6 Å². The normalized spacial score (nSPS) is 12.0. The van der Waals surface area contributed by atoms with E-state index in [4.69, 9.17) is 10.2 Å². The molecular weight excluding hydrogens is 476 g/mol. The molecule has 39 heavy (non-hydrogen) atoms. The summed E-state index contributed by atoms with van der Waals surface area (Å²) in [6.45, 7) is 6.71. The van der Waals surface area contributed by atoms with Crippen molar-refractivity contribution in [1.29, 1.82) is 0 Å². The SMILES string of the molecule is CC(C)(C)c1cccc(-n2ccc(C(c3ccccc3)(c3ccccc3)c3ccn(-c4ccccc4)n3)n2)c1. The van der Waals surface area contributed by atoms with E-state index in [0.717, 1.165) is 33.9 Å². The van der Waals surface area contributed by atoms with Gasteiger partial charge in [-0.2, -0.15) is 10.2 Å². The van der Waals surface area contributed by atoms with E-state index in [1.165, 1.54) is 5.56 Å². The van der Waals surface area contributed by atoms with Gasteiger partial charge in [-0.05, 0) is 58.5 Å². The molecule has 192 valence electrons. The molecule has 0 atom stereocenters. The molecule has 2 aromatic heterocycles. The minimum atomic E-state index is -0.713. The van der Waals surface area contributed by atoms with Crippen molar-refractivity contribution in [3.8, 4) is 11.4 Å². The smallest absolute Gasteiger partial charge is 0.108 e. The van der Waals surface area contributed by atoms with Gasteiger partial charge in [0.2, 0.25) is 0 Å². The van der Waals surface area contributed by atoms with Crippen LogP contribution in [0.1, 0.15) is 48.8 Å². The van der Waals surface area contributed by atoms with Gasteiger partial charge in [0.25, 0.3) is 0 Å². The third-order valence-corrected chi connectivity index (χ3v) is 7.36. The number of aromatic nitrogens is 4. The predicted octanol–water partition coefficient (Wildman–Crippen LogP) is 7.74. The van der Waals surface area contributed by atoms with E-state index in [1.54, 1.807) is 0 Å². The van der Waals surface area contributed by atoms with Crippen molar-refractivity contribution in [1.82, 2.24) is 19.6 Å². The molecule has 0 aliphatic carbocycles. The highest BCUT2D eigenvalue weighted by Crippen LogP contribution is 2.44. The Hall–Kier alpha value is -4.70. The van der Waals surface area contributed by atoms with Crippen molar-refractivity contribution in [2.75, 3.05) is 0 Å². The fourth-order valence-corrected chi connectivity index (χ4v) is 5.30. The highest BCUT2D eigenvalue weighted by molar-refractivity contribution is 5.56. The molecule has 0 amide bonds. The fourth-order valence-electron chi connectivity index (χ4n) is 5.30. The minimum absolute atomic E-state index is 0.0497. The summed E-state index contributed by atoms with van der Waals surface area (Å²) in [5.41, 5.74) is 6.73. The van der Waals surface area contributed by atoms with Gasteiger partial charge in [0.1, 0.15) is 5.41 Å². The Bertz CT molecular complexity index is 1630. The third-order valence-electron chi connectivity index (χ3n) is 7.36. The standard InChI is InChI=1S/C35H32N4/c1-34(2,3)29-18-13-21-31(26-29)39-25-23-33(37-39)35(27-14-7-4-8-15-27,28-16-9-5-10-17-28)32-22-24-38(36-32)30-19-11-6-12-20-30/h4-26H,1-3H3. The Labute approximate surface area is 230 Å². The largest absolute Gasteiger partial charge is 0.241 e. The lowest BCUT2D eigenvalue weighted by molar-refractivity contribution is 0.589. The topological polar surface area (TPSA) is 35.6 Å². The van der Waals surface area contributed by atoms with Gasteiger partial charge in [-0.25, -0.2) is 9.36 Å². The number of hydrogen-bond donors (Lipinski definition) is 0. The molecular formula is C35H32N4. The van der Waals surface area contributed by atoms with Gasteiger partial charge in [-0.15, -0.1) is 0 Å². The second-order valence-corrected chi connectivity index (χ2v) is 10.9. The van der Waals surface area contributed by atoms with Crippen LogP contribution in [0.5, 0.6) is 0 Å². The second-order valence-electron chi connectivity index (χ2n) is 10.9. The maximum absolute atomic E-state index is 5.25. The van der Waals surface area contributed by atoms with E-state index >= 15 is 0 Å². The molecule has 0 fully saturated rings. The average molecular weight is 509 g/mol. The van der Waals surface area contributed by atoms with Crippen LogP contribution >= 0.6 is 0 Å². The van der Waals surface area contributed by atoms with Crippen molar-refractivity contribution < 1.29 is 0 Å². The molecule has 0 unspecified atom stereocenters. The molecule has 0 aliphatic heterocycles. The Balaban J connectivity index is 1.59. The average Bonchev–Trinajstić information content (AvgIpc) is 3.67.